The van der Waals surface area contributed by atoms with Gasteiger partial charge in [-0.3, -0.25) is 24.2 Å². The van der Waals surface area contributed by atoms with E-state index in [9.17, 15) is 29.4 Å². The number of fused-ring (bicyclic) bond motifs is 11. The lowest BCUT2D eigenvalue weighted by atomic mass is 10.0. The van der Waals surface area contributed by atoms with Gasteiger partial charge >= 0.3 is 0 Å². The van der Waals surface area contributed by atoms with Gasteiger partial charge in [-0.15, -0.1) is 0 Å². The minimum atomic E-state index is -1.45. The predicted molar refractivity (Wildman–Crippen MR) is 152 cm³/mol. The van der Waals surface area contributed by atoms with Crippen molar-refractivity contribution in [1.29, 1.82) is 0 Å². The van der Waals surface area contributed by atoms with Gasteiger partial charge in [0.2, 0.25) is 17.7 Å². The minimum Gasteiger partial charge on any atom is -0.507 e. The topological polar surface area (TPSA) is 179 Å². The van der Waals surface area contributed by atoms with Gasteiger partial charge in [-0.05, 0) is 67.8 Å². The normalized spacial score (nSPS) is 20.2. The third-order valence-electron chi connectivity index (χ3n) is 6.68. The maximum Gasteiger partial charge on any atom is 0.255 e. The van der Waals surface area contributed by atoms with Crippen LogP contribution in [0.25, 0.3) is 0 Å². The average Bonchev–Trinajstić information content (AvgIpc) is 2.97. The van der Waals surface area contributed by atoms with Crippen LogP contribution < -0.4 is 26.0 Å². The first kappa shape index (κ1) is 30.0. The average molecular weight is 576 g/mol. The highest BCUT2D eigenvalue weighted by atomic mass is 16.5. The molecule has 0 spiro atoms. The van der Waals surface area contributed by atoms with Crippen molar-refractivity contribution in [2.24, 2.45) is 0 Å². The fraction of sp³-hybridized carbons (Fsp3) is 0.300. The van der Waals surface area contributed by atoms with Crippen molar-refractivity contribution in [3.05, 3.63) is 83.7 Å². The van der Waals surface area contributed by atoms with Crippen molar-refractivity contribution in [3.63, 3.8) is 0 Å². The van der Waals surface area contributed by atoms with Gasteiger partial charge < -0.3 is 36.2 Å². The molecule has 3 heterocycles. The second kappa shape index (κ2) is 13.6. The molecule has 1 aromatic heterocycles. The summed E-state index contributed by atoms with van der Waals surface area (Å²) >= 11 is 0. The number of hydrogen-bond donors (Lipinski definition) is 6. The van der Waals surface area contributed by atoms with Crippen molar-refractivity contribution in [2.75, 3.05) is 6.54 Å². The molecule has 42 heavy (non-hydrogen) atoms. The van der Waals surface area contributed by atoms with Crippen molar-refractivity contribution >= 4 is 23.6 Å². The number of phenolic OH excluding ortho intramolecular Hbond substituents is 1. The molecule has 12 nitrogen and oxygen atoms in total. The van der Waals surface area contributed by atoms with E-state index in [0.29, 0.717) is 18.7 Å². The first-order chi connectivity index (χ1) is 20.1. The van der Waals surface area contributed by atoms with Crippen molar-refractivity contribution in [2.45, 2.75) is 50.9 Å². The van der Waals surface area contributed by atoms with Crippen LogP contribution in [-0.2, 0) is 27.2 Å². The number of aliphatic hydroxyl groups is 1. The number of aliphatic hydroxyl groups excluding tert-OH is 1. The van der Waals surface area contributed by atoms with Crippen LogP contribution in [-0.4, -0.2) is 69.6 Å². The quantitative estimate of drug-likeness (QED) is 0.244. The molecule has 6 N–H and O–H groups in total. The predicted octanol–water partition coefficient (Wildman–Crippen LogP) is 0.963. The zero-order chi connectivity index (χ0) is 30.2. The van der Waals surface area contributed by atoms with Crippen LogP contribution in [0.1, 0.15) is 35.3 Å². The van der Waals surface area contributed by atoms with E-state index in [2.05, 4.69) is 26.3 Å². The van der Waals surface area contributed by atoms with Gasteiger partial charge in [0.05, 0.1) is 11.7 Å². The van der Waals surface area contributed by atoms with Gasteiger partial charge in [0.15, 0.2) is 0 Å². The first-order valence-electron chi connectivity index (χ1n) is 13.5. The lowest BCUT2D eigenvalue weighted by Gasteiger charge is -2.25. The summed E-state index contributed by atoms with van der Waals surface area (Å²) in [5.74, 6) is -2.40. The van der Waals surface area contributed by atoms with E-state index >= 15 is 0 Å². The lowest BCUT2D eigenvalue weighted by molar-refractivity contribution is -0.133. The molecule has 0 aliphatic carbocycles. The number of amides is 4. The number of rotatable bonds is 5. The molecule has 0 radical (unpaired) electrons. The summed E-state index contributed by atoms with van der Waals surface area (Å²) in [5, 5.41) is 30.9. The number of nitrogens with one attached hydrogen (secondary N) is 4. The highest BCUT2D eigenvalue weighted by molar-refractivity contribution is 6.00. The number of carbonyl (C=O) groups is 4. The van der Waals surface area contributed by atoms with E-state index < -0.39 is 47.9 Å². The molecule has 5 rings (SSSR count). The van der Waals surface area contributed by atoms with Crippen molar-refractivity contribution < 1.29 is 34.1 Å². The van der Waals surface area contributed by atoms with E-state index in [1.807, 2.05) is 6.07 Å². The smallest absolute Gasteiger partial charge is 0.255 e. The Kier molecular flexibility index (Phi) is 9.71. The number of phenols is 1. The molecule has 4 amide bonds. The molecule has 4 atom stereocenters. The Labute approximate surface area is 242 Å². The monoisotopic (exact) mass is 575 g/mol. The number of aromatic nitrogens is 1. The summed E-state index contributed by atoms with van der Waals surface area (Å²) in [4.78, 5) is 56.3. The summed E-state index contributed by atoms with van der Waals surface area (Å²) in [7, 11) is 0. The molecule has 0 saturated carbocycles. The Morgan fingerprint density at radius 1 is 1.05 bits per heavy atom. The number of benzene rings is 2. The second-order valence-corrected chi connectivity index (χ2v) is 10.0. The molecular formula is C30H33N5O7. The van der Waals surface area contributed by atoms with Crippen LogP contribution >= 0.6 is 0 Å². The Morgan fingerprint density at radius 2 is 1.79 bits per heavy atom. The standard InChI is InChI=1S/C30H33N5O7/c1-17-27(38)34-24(29(40)32-13-11-20-4-3-12-31-16-20)14-19-5-7-21(8-6-19)42-22-9-10-25(37)23(15-22)28(39)35-26(18(2)36)30(41)33-17/h3-10,12,15-18,24,26,36-37H,11,13-14H2,1-2H3,(H,32,40)(H,33,41)(H,34,38)(H,35,39)/t17-,18+,24-,26-/m0/s1. The number of ether oxygens (including phenoxy) is 1. The van der Waals surface area contributed by atoms with E-state index in [4.69, 9.17) is 4.74 Å². The minimum absolute atomic E-state index is 0.154. The van der Waals surface area contributed by atoms with Gasteiger partial charge in [-0.2, -0.15) is 0 Å². The Bertz CT molecular complexity index is 1430. The summed E-state index contributed by atoms with van der Waals surface area (Å²) in [6.07, 6.45) is 2.73. The maximum atomic E-state index is 13.2. The van der Waals surface area contributed by atoms with Gasteiger partial charge in [0.1, 0.15) is 35.4 Å². The Balaban J connectivity index is 1.60. The summed E-state index contributed by atoms with van der Waals surface area (Å²) in [6, 6.07) is 11.1. The molecule has 2 aromatic carbocycles. The zero-order valence-corrected chi connectivity index (χ0v) is 23.2. The number of nitrogens with zero attached hydrogens (tertiary/aromatic N) is 1. The number of aromatic hydroxyl groups is 1. The lowest BCUT2D eigenvalue weighted by Crippen LogP contribution is -2.58. The fourth-order valence-electron chi connectivity index (χ4n) is 4.32. The molecule has 2 aliphatic heterocycles. The second-order valence-electron chi connectivity index (χ2n) is 10.0. The summed E-state index contributed by atoms with van der Waals surface area (Å²) < 4.78 is 5.84. The Hall–Kier alpha value is -4.97. The van der Waals surface area contributed by atoms with E-state index in [-0.39, 0.29) is 23.5 Å². The molecule has 4 bridgehead atoms. The summed E-state index contributed by atoms with van der Waals surface area (Å²) in [6.45, 7) is 3.04. The highest BCUT2D eigenvalue weighted by Gasteiger charge is 2.31. The van der Waals surface area contributed by atoms with Crippen LogP contribution in [0.2, 0.25) is 0 Å². The molecule has 3 aromatic rings. The van der Waals surface area contributed by atoms with Crippen LogP contribution in [0, 0.1) is 0 Å². The first-order valence-corrected chi connectivity index (χ1v) is 13.5. The SMILES string of the molecule is C[C@@H]1NC(=O)[C@H]([C@@H](C)O)NC(=O)c2cc(ccc2O)Oc2ccc(cc2)C[C@@H](C(=O)NCCc2cccnc2)NC1=O. The molecule has 2 aliphatic rings. The van der Waals surface area contributed by atoms with E-state index in [1.165, 1.54) is 32.0 Å². The number of carbonyl (C=O) groups excluding carboxylic acids is 4. The van der Waals surface area contributed by atoms with E-state index in [1.54, 1.807) is 42.7 Å². The summed E-state index contributed by atoms with van der Waals surface area (Å²) in [5.41, 5.74) is 1.50. The van der Waals surface area contributed by atoms with Crippen LogP contribution in [0.4, 0.5) is 0 Å². The fourth-order valence-corrected chi connectivity index (χ4v) is 4.32. The zero-order valence-electron chi connectivity index (χ0n) is 23.2. The van der Waals surface area contributed by atoms with Crippen molar-refractivity contribution in [3.8, 4) is 17.2 Å². The maximum absolute atomic E-state index is 13.2. The third-order valence-corrected chi connectivity index (χ3v) is 6.68. The highest BCUT2D eigenvalue weighted by Crippen LogP contribution is 2.28. The molecule has 12 heteroatoms. The van der Waals surface area contributed by atoms with Crippen molar-refractivity contribution in [1.82, 2.24) is 26.3 Å². The van der Waals surface area contributed by atoms with Crippen LogP contribution in [0.3, 0.4) is 0 Å². The van der Waals surface area contributed by atoms with Gasteiger partial charge in [-0.1, -0.05) is 18.2 Å². The molecule has 0 fully saturated rings. The number of pyridine rings is 1. The molecular weight excluding hydrogens is 542 g/mol. The van der Waals surface area contributed by atoms with E-state index in [0.717, 1.165) is 11.1 Å². The number of hydrogen-bond acceptors (Lipinski definition) is 8. The molecule has 0 saturated heterocycles. The van der Waals surface area contributed by atoms with Gasteiger partial charge in [0, 0.05) is 25.4 Å². The Morgan fingerprint density at radius 3 is 2.48 bits per heavy atom. The van der Waals surface area contributed by atoms with Crippen LogP contribution in [0.5, 0.6) is 17.2 Å². The van der Waals surface area contributed by atoms with Gasteiger partial charge in [0.25, 0.3) is 5.91 Å². The molecule has 220 valence electrons. The van der Waals surface area contributed by atoms with Crippen LogP contribution in [0.15, 0.2) is 67.0 Å². The third kappa shape index (κ3) is 7.82. The largest absolute Gasteiger partial charge is 0.507 e. The van der Waals surface area contributed by atoms with Gasteiger partial charge in [-0.25, -0.2) is 0 Å². The molecule has 0 unspecified atom stereocenters.